The Balaban J connectivity index is 2.47. The minimum absolute atomic E-state index is 0.377. The molecule has 0 radical (unpaired) electrons. The van der Waals surface area contributed by atoms with Crippen molar-refractivity contribution in [3.05, 3.63) is 67.9 Å². The summed E-state index contributed by atoms with van der Waals surface area (Å²) < 4.78 is 14.1. The lowest BCUT2D eigenvalue weighted by Gasteiger charge is -2.16. The summed E-state index contributed by atoms with van der Waals surface area (Å²) in [7, 11) is 0. The van der Waals surface area contributed by atoms with Crippen LogP contribution in [0.1, 0.15) is 17.2 Å². The Morgan fingerprint density at radius 3 is 2.39 bits per heavy atom. The van der Waals surface area contributed by atoms with Crippen molar-refractivity contribution in [3.8, 4) is 0 Å². The number of benzene rings is 2. The quantitative estimate of drug-likeness (QED) is 0.816. The lowest BCUT2D eigenvalue weighted by molar-refractivity contribution is 0.623. The van der Waals surface area contributed by atoms with Crippen LogP contribution in [0.3, 0.4) is 0 Å². The van der Waals surface area contributed by atoms with E-state index in [1.807, 2.05) is 6.07 Å². The van der Waals surface area contributed by atoms with Crippen LogP contribution in [0.2, 0.25) is 10.0 Å². The van der Waals surface area contributed by atoms with Gasteiger partial charge in [-0.05, 0) is 41.5 Å². The lowest BCUT2D eigenvalue weighted by Crippen LogP contribution is -2.13. The second-order valence-corrected chi connectivity index (χ2v) is 5.54. The monoisotopic (exact) mass is 347 g/mol. The van der Waals surface area contributed by atoms with Crippen molar-refractivity contribution in [1.82, 2.24) is 0 Å². The average molecular weight is 349 g/mol. The number of hydrogen-bond acceptors (Lipinski definition) is 1. The molecular weight excluding hydrogens is 340 g/mol. The SMILES string of the molecule is NC(c1ccc(Br)cc1Cl)c1cc(F)ccc1Cl. The summed E-state index contributed by atoms with van der Waals surface area (Å²) in [6.45, 7) is 0. The Hall–Kier alpha value is -0.610. The standard InChI is InChI=1S/C13H9BrCl2FN/c14-7-1-3-9(12(16)5-7)13(18)10-6-8(17)2-4-11(10)15/h1-6,13H,18H2. The molecule has 18 heavy (non-hydrogen) atoms. The van der Waals surface area contributed by atoms with Gasteiger partial charge in [0, 0.05) is 14.5 Å². The Morgan fingerprint density at radius 2 is 1.72 bits per heavy atom. The largest absolute Gasteiger partial charge is 0.320 e. The Bertz CT molecular complexity index is 589. The molecule has 1 unspecified atom stereocenters. The zero-order valence-electron chi connectivity index (χ0n) is 9.13. The van der Waals surface area contributed by atoms with E-state index in [2.05, 4.69) is 15.9 Å². The molecule has 5 heteroatoms. The zero-order chi connectivity index (χ0) is 13.3. The van der Waals surface area contributed by atoms with Gasteiger partial charge in [0.25, 0.3) is 0 Å². The van der Waals surface area contributed by atoms with Gasteiger partial charge in [0.2, 0.25) is 0 Å². The molecule has 0 saturated carbocycles. The molecule has 0 heterocycles. The summed E-state index contributed by atoms with van der Waals surface area (Å²) in [6, 6.07) is 8.90. The average Bonchev–Trinajstić information content (AvgIpc) is 2.31. The molecular formula is C13H9BrCl2FN. The first-order valence-electron chi connectivity index (χ1n) is 5.14. The summed E-state index contributed by atoms with van der Waals surface area (Å²) >= 11 is 15.5. The summed E-state index contributed by atoms with van der Waals surface area (Å²) in [5.41, 5.74) is 7.30. The van der Waals surface area contributed by atoms with E-state index in [0.717, 1.165) is 4.47 Å². The molecule has 94 valence electrons. The van der Waals surface area contributed by atoms with E-state index in [9.17, 15) is 4.39 Å². The summed E-state index contributed by atoms with van der Waals surface area (Å²) in [6.07, 6.45) is 0. The Morgan fingerprint density at radius 1 is 1.00 bits per heavy atom. The second-order valence-electron chi connectivity index (χ2n) is 3.81. The highest BCUT2D eigenvalue weighted by Gasteiger charge is 2.16. The van der Waals surface area contributed by atoms with E-state index in [-0.39, 0.29) is 5.82 Å². The van der Waals surface area contributed by atoms with Crippen LogP contribution in [0.4, 0.5) is 4.39 Å². The van der Waals surface area contributed by atoms with Crippen molar-refractivity contribution in [2.24, 2.45) is 5.73 Å². The van der Waals surface area contributed by atoms with Crippen LogP contribution < -0.4 is 5.73 Å². The van der Waals surface area contributed by atoms with Gasteiger partial charge in [0.15, 0.2) is 0 Å². The van der Waals surface area contributed by atoms with E-state index < -0.39 is 6.04 Å². The van der Waals surface area contributed by atoms with Gasteiger partial charge < -0.3 is 5.73 Å². The molecule has 2 rings (SSSR count). The first kappa shape index (κ1) is 13.8. The summed E-state index contributed by atoms with van der Waals surface area (Å²) in [5, 5.41) is 0.931. The van der Waals surface area contributed by atoms with Crippen molar-refractivity contribution in [2.75, 3.05) is 0 Å². The van der Waals surface area contributed by atoms with Gasteiger partial charge in [-0.1, -0.05) is 45.2 Å². The minimum Gasteiger partial charge on any atom is -0.320 e. The molecule has 1 nitrogen and oxygen atoms in total. The van der Waals surface area contributed by atoms with Gasteiger partial charge in [-0.2, -0.15) is 0 Å². The predicted molar refractivity (Wildman–Crippen MR) is 76.6 cm³/mol. The number of rotatable bonds is 2. The van der Waals surface area contributed by atoms with Crippen LogP contribution in [0.15, 0.2) is 40.9 Å². The van der Waals surface area contributed by atoms with Gasteiger partial charge in [-0.25, -0.2) is 4.39 Å². The van der Waals surface area contributed by atoms with Gasteiger partial charge in [0.05, 0.1) is 6.04 Å². The normalized spacial score (nSPS) is 12.5. The van der Waals surface area contributed by atoms with Gasteiger partial charge >= 0.3 is 0 Å². The second kappa shape index (κ2) is 5.57. The molecule has 0 fully saturated rings. The number of hydrogen-bond donors (Lipinski definition) is 1. The molecule has 0 bridgehead atoms. The van der Waals surface area contributed by atoms with Crippen molar-refractivity contribution >= 4 is 39.1 Å². The van der Waals surface area contributed by atoms with Crippen LogP contribution in [-0.4, -0.2) is 0 Å². The van der Waals surface area contributed by atoms with E-state index in [0.29, 0.717) is 21.2 Å². The molecule has 0 aromatic heterocycles. The first-order chi connectivity index (χ1) is 8.49. The highest BCUT2D eigenvalue weighted by Crippen LogP contribution is 2.32. The lowest BCUT2D eigenvalue weighted by atomic mass is 9.99. The summed E-state index contributed by atoms with van der Waals surface area (Å²) in [5.74, 6) is -0.377. The van der Waals surface area contributed by atoms with Crippen molar-refractivity contribution < 1.29 is 4.39 Å². The molecule has 0 amide bonds. The zero-order valence-corrected chi connectivity index (χ0v) is 12.2. The molecule has 0 aliphatic carbocycles. The molecule has 2 aromatic rings. The molecule has 2 aromatic carbocycles. The van der Waals surface area contributed by atoms with Crippen molar-refractivity contribution in [1.29, 1.82) is 0 Å². The maximum absolute atomic E-state index is 13.2. The van der Waals surface area contributed by atoms with Crippen LogP contribution in [0.25, 0.3) is 0 Å². The predicted octanol–water partition coefficient (Wildman–Crippen LogP) is 4.94. The van der Waals surface area contributed by atoms with Crippen LogP contribution in [0, 0.1) is 5.82 Å². The molecule has 0 spiro atoms. The highest BCUT2D eigenvalue weighted by molar-refractivity contribution is 9.10. The topological polar surface area (TPSA) is 26.0 Å². The molecule has 0 aliphatic rings. The maximum Gasteiger partial charge on any atom is 0.123 e. The Labute approximate surface area is 123 Å². The number of nitrogens with two attached hydrogens (primary N) is 1. The fourth-order valence-electron chi connectivity index (χ4n) is 1.67. The number of halogens is 4. The molecule has 0 saturated heterocycles. The third-order valence-electron chi connectivity index (χ3n) is 2.59. The third-order valence-corrected chi connectivity index (χ3v) is 3.76. The first-order valence-corrected chi connectivity index (χ1v) is 6.69. The molecule has 0 aliphatic heterocycles. The van der Waals surface area contributed by atoms with Crippen molar-refractivity contribution in [2.45, 2.75) is 6.04 Å². The van der Waals surface area contributed by atoms with E-state index >= 15 is 0 Å². The fourth-order valence-corrected chi connectivity index (χ4v) is 2.70. The van der Waals surface area contributed by atoms with E-state index in [4.69, 9.17) is 28.9 Å². The van der Waals surface area contributed by atoms with E-state index in [1.54, 1.807) is 12.1 Å². The summed E-state index contributed by atoms with van der Waals surface area (Å²) in [4.78, 5) is 0. The van der Waals surface area contributed by atoms with Gasteiger partial charge in [-0.15, -0.1) is 0 Å². The fraction of sp³-hybridized carbons (Fsp3) is 0.0769. The smallest absolute Gasteiger partial charge is 0.123 e. The minimum atomic E-state index is -0.561. The van der Waals surface area contributed by atoms with Crippen LogP contribution in [-0.2, 0) is 0 Å². The van der Waals surface area contributed by atoms with Crippen LogP contribution >= 0.6 is 39.1 Å². The molecule has 1 atom stereocenters. The third kappa shape index (κ3) is 2.86. The Kier molecular flexibility index (Phi) is 4.28. The molecule has 2 N–H and O–H groups in total. The van der Waals surface area contributed by atoms with Crippen LogP contribution in [0.5, 0.6) is 0 Å². The van der Waals surface area contributed by atoms with Gasteiger partial charge in [0.1, 0.15) is 5.82 Å². The van der Waals surface area contributed by atoms with Crippen molar-refractivity contribution in [3.63, 3.8) is 0 Å². The highest BCUT2D eigenvalue weighted by atomic mass is 79.9. The van der Waals surface area contributed by atoms with Gasteiger partial charge in [-0.3, -0.25) is 0 Å². The maximum atomic E-state index is 13.2. The van der Waals surface area contributed by atoms with E-state index in [1.165, 1.54) is 18.2 Å².